The van der Waals surface area contributed by atoms with Gasteiger partial charge in [-0.2, -0.15) is 0 Å². The Hall–Kier alpha value is -1.61. The first-order chi connectivity index (χ1) is 7.70. The van der Waals surface area contributed by atoms with Crippen LogP contribution < -0.4 is 11.1 Å². The number of aryl methyl sites for hydroxylation is 2. The summed E-state index contributed by atoms with van der Waals surface area (Å²) in [7, 11) is 0. The number of pyridine rings is 1. The minimum absolute atomic E-state index is 0.618. The van der Waals surface area contributed by atoms with E-state index >= 15 is 0 Å². The molecule has 0 fully saturated rings. The molecular formula is C13H17N3. The molecule has 0 saturated carbocycles. The van der Waals surface area contributed by atoms with Crippen LogP contribution in [-0.2, 0) is 0 Å². The number of benzene rings is 1. The minimum Gasteiger partial charge on any atom is -0.369 e. The van der Waals surface area contributed by atoms with E-state index in [0.717, 1.165) is 23.4 Å². The summed E-state index contributed by atoms with van der Waals surface area (Å²) >= 11 is 0. The Kier molecular flexibility index (Phi) is 3.06. The third kappa shape index (κ3) is 2.14. The van der Waals surface area contributed by atoms with Crippen LogP contribution in [0.4, 0.5) is 5.82 Å². The van der Waals surface area contributed by atoms with Crippen LogP contribution in [-0.4, -0.2) is 18.1 Å². The van der Waals surface area contributed by atoms with Crippen LogP contribution in [0, 0.1) is 13.8 Å². The molecule has 2 rings (SSSR count). The number of aromatic nitrogens is 1. The maximum absolute atomic E-state index is 5.47. The Morgan fingerprint density at radius 2 is 2.06 bits per heavy atom. The van der Waals surface area contributed by atoms with Gasteiger partial charge in [0.25, 0.3) is 0 Å². The van der Waals surface area contributed by atoms with Gasteiger partial charge in [-0.3, -0.25) is 0 Å². The average molecular weight is 215 g/mol. The van der Waals surface area contributed by atoms with Crippen LogP contribution in [0.5, 0.6) is 0 Å². The second kappa shape index (κ2) is 4.49. The molecule has 1 heterocycles. The van der Waals surface area contributed by atoms with Gasteiger partial charge in [0.05, 0.1) is 5.52 Å². The minimum atomic E-state index is 0.618. The van der Waals surface area contributed by atoms with Gasteiger partial charge in [0, 0.05) is 18.5 Å². The first-order valence-corrected chi connectivity index (χ1v) is 5.52. The summed E-state index contributed by atoms with van der Waals surface area (Å²) in [4.78, 5) is 4.61. The Labute approximate surface area is 95.7 Å². The standard InChI is InChI=1S/C13H17N3/c1-9-3-4-11-8-10(2)13(15-6-5-14)16-12(11)7-9/h3-4,7-8H,5-6,14H2,1-2H3,(H,15,16). The summed E-state index contributed by atoms with van der Waals surface area (Å²) in [5, 5.41) is 4.42. The molecule has 0 aliphatic heterocycles. The van der Waals surface area contributed by atoms with Crippen LogP contribution in [0.15, 0.2) is 24.3 Å². The Balaban J connectivity index is 2.46. The summed E-state index contributed by atoms with van der Waals surface area (Å²) in [6, 6.07) is 8.47. The van der Waals surface area contributed by atoms with E-state index in [2.05, 4.69) is 48.4 Å². The van der Waals surface area contributed by atoms with Crippen molar-refractivity contribution in [2.24, 2.45) is 5.73 Å². The maximum Gasteiger partial charge on any atom is 0.129 e. The lowest BCUT2D eigenvalue weighted by Crippen LogP contribution is -2.14. The van der Waals surface area contributed by atoms with Gasteiger partial charge in [-0.05, 0) is 37.1 Å². The van der Waals surface area contributed by atoms with Gasteiger partial charge in [-0.1, -0.05) is 12.1 Å². The second-order valence-corrected chi connectivity index (χ2v) is 4.07. The predicted octanol–water partition coefficient (Wildman–Crippen LogP) is 2.22. The molecule has 3 nitrogen and oxygen atoms in total. The van der Waals surface area contributed by atoms with E-state index in [-0.39, 0.29) is 0 Å². The molecule has 2 aromatic rings. The molecule has 0 radical (unpaired) electrons. The van der Waals surface area contributed by atoms with Crippen molar-refractivity contribution in [3.8, 4) is 0 Å². The van der Waals surface area contributed by atoms with Crippen molar-refractivity contribution in [1.82, 2.24) is 4.98 Å². The molecule has 16 heavy (non-hydrogen) atoms. The molecule has 0 bridgehead atoms. The van der Waals surface area contributed by atoms with Gasteiger partial charge in [-0.25, -0.2) is 4.98 Å². The highest BCUT2D eigenvalue weighted by Gasteiger charge is 2.02. The lowest BCUT2D eigenvalue weighted by Gasteiger charge is -2.09. The van der Waals surface area contributed by atoms with Crippen molar-refractivity contribution in [3.63, 3.8) is 0 Å². The third-order valence-electron chi connectivity index (χ3n) is 2.60. The van der Waals surface area contributed by atoms with Crippen molar-refractivity contribution in [3.05, 3.63) is 35.4 Å². The van der Waals surface area contributed by atoms with E-state index in [0.29, 0.717) is 6.54 Å². The van der Waals surface area contributed by atoms with Crippen molar-refractivity contribution >= 4 is 16.7 Å². The smallest absolute Gasteiger partial charge is 0.129 e. The largest absolute Gasteiger partial charge is 0.369 e. The molecule has 3 heteroatoms. The van der Waals surface area contributed by atoms with Crippen molar-refractivity contribution < 1.29 is 0 Å². The van der Waals surface area contributed by atoms with Gasteiger partial charge in [0.15, 0.2) is 0 Å². The second-order valence-electron chi connectivity index (χ2n) is 4.07. The summed E-state index contributed by atoms with van der Waals surface area (Å²) in [5.41, 5.74) is 8.89. The van der Waals surface area contributed by atoms with Gasteiger partial charge in [0.2, 0.25) is 0 Å². The van der Waals surface area contributed by atoms with Crippen molar-refractivity contribution in [2.45, 2.75) is 13.8 Å². The number of hydrogen-bond donors (Lipinski definition) is 2. The molecule has 0 atom stereocenters. The highest BCUT2D eigenvalue weighted by atomic mass is 15.0. The molecule has 0 saturated heterocycles. The van der Waals surface area contributed by atoms with E-state index in [1.807, 2.05) is 0 Å². The molecule has 1 aromatic heterocycles. The van der Waals surface area contributed by atoms with Gasteiger partial charge in [-0.15, -0.1) is 0 Å². The number of nitrogens with two attached hydrogens (primary N) is 1. The number of fused-ring (bicyclic) bond motifs is 1. The summed E-state index contributed by atoms with van der Waals surface area (Å²) in [6.07, 6.45) is 0. The van der Waals surface area contributed by atoms with E-state index in [1.165, 1.54) is 10.9 Å². The fourth-order valence-electron chi connectivity index (χ4n) is 1.75. The monoisotopic (exact) mass is 215 g/mol. The number of anilines is 1. The molecule has 0 amide bonds. The number of rotatable bonds is 3. The SMILES string of the molecule is Cc1ccc2cc(C)c(NCCN)nc2c1. The molecule has 3 N–H and O–H groups in total. The number of hydrogen-bond acceptors (Lipinski definition) is 3. The average Bonchev–Trinajstić information content (AvgIpc) is 2.27. The van der Waals surface area contributed by atoms with Crippen LogP contribution >= 0.6 is 0 Å². The van der Waals surface area contributed by atoms with Gasteiger partial charge >= 0.3 is 0 Å². The zero-order chi connectivity index (χ0) is 11.5. The van der Waals surface area contributed by atoms with Crippen LogP contribution in [0.2, 0.25) is 0 Å². The topological polar surface area (TPSA) is 50.9 Å². The van der Waals surface area contributed by atoms with Gasteiger partial charge in [0.1, 0.15) is 5.82 Å². The molecule has 0 aliphatic rings. The molecule has 84 valence electrons. The Morgan fingerprint density at radius 1 is 1.25 bits per heavy atom. The Bertz CT molecular complexity index is 506. The Morgan fingerprint density at radius 3 is 2.81 bits per heavy atom. The van der Waals surface area contributed by atoms with Gasteiger partial charge < -0.3 is 11.1 Å². The molecular weight excluding hydrogens is 198 g/mol. The fourth-order valence-corrected chi connectivity index (χ4v) is 1.75. The van der Waals surface area contributed by atoms with Crippen molar-refractivity contribution in [1.29, 1.82) is 0 Å². The molecule has 0 aliphatic carbocycles. The zero-order valence-electron chi connectivity index (χ0n) is 9.75. The highest BCUT2D eigenvalue weighted by molar-refractivity contribution is 5.82. The van der Waals surface area contributed by atoms with Crippen LogP contribution in [0.3, 0.4) is 0 Å². The van der Waals surface area contributed by atoms with Crippen LogP contribution in [0.25, 0.3) is 10.9 Å². The quantitative estimate of drug-likeness (QED) is 0.825. The summed E-state index contributed by atoms with van der Waals surface area (Å²) in [6.45, 7) is 5.51. The molecule has 1 aromatic carbocycles. The number of nitrogens with one attached hydrogen (secondary N) is 1. The lowest BCUT2D eigenvalue weighted by atomic mass is 10.1. The van der Waals surface area contributed by atoms with Crippen molar-refractivity contribution in [2.75, 3.05) is 18.4 Å². The van der Waals surface area contributed by atoms with E-state index in [9.17, 15) is 0 Å². The highest BCUT2D eigenvalue weighted by Crippen LogP contribution is 2.20. The zero-order valence-corrected chi connectivity index (χ0v) is 9.75. The maximum atomic E-state index is 5.47. The summed E-state index contributed by atoms with van der Waals surface area (Å²) in [5.74, 6) is 0.934. The first-order valence-electron chi connectivity index (χ1n) is 5.52. The molecule has 0 spiro atoms. The molecule has 0 unspecified atom stereocenters. The van der Waals surface area contributed by atoms with E-state index in [4.69, 9.17) is 5.73 Å². The van der Waals surface area contributed by atoms with E-state index < -0.39 is 0 Å². The fraction of sp³-hybridized carbons (Fsp3) is 0.308. The number of nitrogens with zero attached hydrogens (tertiary/aromatic N) is 1. The normalized spacial score (nSPS) is 10.7. The lowest BCUT2D eigenvalue weighted by molar-refractivity contribution is 1.01. The third-order valence-corrected chi connectivity index (χ3v) is 2.60. The summed E-state index contributed by atoms with van der Waals surface area (Å²) < 4.78 is 0. The van der Waals surface area contributed by atoms with Crippen LogP contribution in [0.1, 0.15) is 11.1 Å². The predicted molar refractivity (Wildman–Crippen MR) is 68.8 cm³/mol. The first kappa shape index (κ1) is 10.9. The van der Waals surface area contributed by atoms with E-state index in [1.54, 1.807) is 0 Å².